The lowest BCUT2D eigenvalue weighted by atomic mass is 9.96. The largest absolute Gasteiger partial charge is 0.312 e. The predicted octanol–water partition coefficient (Wildman–Crippen LogP) is 5.15. The summed E-state index contributed by atoms with van der Waals surface area (Å²) in [6.07, 6.45) is 1.04. The molecule has 0 spiro atoms. The molecule has 6 nitrogen and oxygen atoms in total. The van der Waals surface area contributed by atoms with E-state index in [1.165, 1.54) is 11.3 Å². The number of anilines is 2. The SMILES string of the molecule is CCC(C(=O)Nc1nnc(C2CC(=O)N(c3ccc(C)c(Cl)c3)C2)s1)c1ccccc1. The van der Waals surface area contributed by atoms with Crippen LogP contribution in [0.5, 0.6) is 0 Å². The number of halogens is 1. The van der Waals surface area contributed by atoms with Crippen molar-refractivity contribution < 1.29 is 9.59 Å². The van der Waals surface area contributed by atoms with Crippen LogP contribution in [0.25, 0.3) is 0 Å². The van der Waals surface area contributed by atoms with Gasteiger partial charge in [0.05, 0.1) is 5.92 Å². The molecule has 1 N–H and O–H groups in total. The van der Waals surface area contributed by atoms with Crippen molar-refractivity contribution in [1.29, 1.82) is 0 Å². The number of nitrogens with one attached hydrogen (secondary N) is 1. The van der Waals surface area contributed by atoms with Crippen LogP contribution < -0.4 is 10.2 Å². The van der Waals surface area contributed by atoms with Gasteiger partial charge in [-0.3, -0.25) is 14.9 Å². The predicted molar refractivity (Wildman–Crippen MR) is 124 cm³/mol. The number of carbonyl (C=O) groups is 2. The van der Waals surface area contributed by atoms with Crippen LogP contribution in [0.4, 0.5) is 10.8 Å². The minimum absolute atomic E-state index is 0.0285. The first-order chi connectivity index (χ1) is 15.0. The molecule has 1 fully saturated rings. The van der Waals surface area contributed by atoms with Crippen molar-refractivity contribution in [3.8, 4) is 0 Å². The van der Waals surface area contributed by atoms with Gasteiger partial charge in [-0.2, -0.15) is 0 Å². The Morgan fingerprint density at radius 1 is 1.26 bits per heavy atom. The molecule has 2 aromatic carbocycles. The fraction of sp³-hybridized carbons (Fsp3) is 0.304. The van der Waals surface area contributed by atoms with Gasteiger partial charge in [0.15, 0.2) is 0 Å². The van der Waals surface area contributed by atoms with E-state index in [1.54, 1.807) is 4.90 Å². The average Bonchev–Trinajstić information content (AvgIpc) is 3.38. The number of aryl methyl sites for hydroxylation is 1. The minimum Gasteiger partial charge on any atom is -0.312 e. The summed E-state index contributed by atoms with van der Waals surface area (Å²) in [4.78, 5) is 27.1. The lowest BCUT2D eigenvalue weighted by Gasteiger charge is -2.17. The van der Waals surface area contributed by atoms with E-state index in [0.29, 0.717) is 29.5 Å². The molecule has 1 saturated heterocycles. The second-order valence-electron chi connectivity index (χ2n) is 7.65. The Morgan fingerprint density at radius 3 is 2.74 bits per heavy atom. The van der Waals surface area contributed by atoms with Gasteiger partial charge in [0.2, 0.25) is 16.9 Å². The van der Waals surface area contributed by atoms with E-state index >= 15 is 0 Å². The molecule has 160 valence electrons. The van der Waals surface area contributed by atoms with Crippen molar-refractivity contribution in [1.82, 2.24) is 10.2 Å². The molecule has 2 heterocycles. The molecule has 0 bridgehead atoms. The van der Waals surface area contributed by atoms with Gasteiger partial charge >= 0.3 is 0 Å². The topological polar surface area (TPSA) is 75.2 Å². The minimum atomic E-state index is -0.247. The highest BCUT2D eigenvalue weighted by Crippen LogP contribution is 2.35. The first-order valence-corrected chi connectivity index (χ1v) is 11.4. The average molecular weight is 455 g/mol. The molecule has 0 radical (unpaired) electrons. The van der Waals surface area contributed by atoms with Gasteiger partial charge in [0.1, 0.15) is 5.01 Å². The Balaban J connectivity index is 1.44. The Labute approximate surface area is 190 Å². The Kier molecular flexibility index (Phi) is 6.34. The number of aromatic nitrogens is 2. The van der Waals surface area contributed by atoms with Crippen LogP contribution in [0.15, 0.2) is 48.5 Å². The second kappa shape index (κ2) is 9.16. The number of carbonyl (C=O) groups excluding carboxylic acids is 2. The molecular formula is C23H23ClN4O2S. The van der Waals surface area contributed by atoms with Crippen LogP contribution in [-0.2, 0) is 9.59 Å². The van der Waals surface area contributed by atoms with Crippen LogP contribution >= 0.6 is 22.9 Å². The lowest BCUT2D eigenvalue weighted by molar-refractivity contribution is -0.118. The van der Waals surface area contributed by atoms with Gasteiger partial charge in [-0.15, -0.1) is 10.2 Å². The molecule has 1 aliphatic rings. The highest BCUT2D eigenvalue weighted by atomic mass is 35.5. The molecule has 8 heteroatoms. The van der Waals surface area contributed by atoms with Crippen molar-refractivity contribution in [3.05, 3.63) is 69.7 Å². The molecule has 3 aromatic rings. The summed E-state index contributed by atoms with van der Waals surface area (Å²) in [5, 5.41) is 13.1. The molecule has 2 atom stereocenters. The Morgan fingerprint density at radius 2 is 2.03 bits per heavy atom. The van der Waals surface area contributed by atoms with Crippen LogP contribution in [0.2, 0.25) is 5.02 Å². The second-order valence-corrected chi connectivity index (χ2v) is 9.06. The van der Waals surface area contributed by atoms with E-state index in [1.807, 2.05) is 62.4 Å². The Hall–Kier alpha value is -2.77. The standard InChI is InChI=1S/C23H23ClN4O2S/c1-3-18(15-7-5-4-6-8-15)21(30)25-23-27-26-22(31-23)16-11-20(29)28(13-16)17-10-9-14(2)19(24)12-17/h4-10,12,16,18H,3,11,13H2,1-2H3,(H,25,27,30). The van der Waals surface area contributed by atoms with E-state index in [0.717, 1.165) is 21.8 Å². The van der Waals surface area contributed by atoms with E-state index in [-0.39, 0.29) is 23.7 Å². The first kappa shape index (κ1) is 21.5. The zero-order chi connectivity index (χ0) is 22.0. The van der Waals surface area contributed by atoms with Crippen molar-refractivity contribution in [2.24, 2.45) is 0 Å². The van der Waals surface area contributed by atoms with Crippen LogP contribution in [-0.4, -0.2) is 28.6 Å². The molecule has 1 aliphatic heterocycles. The number of amides is 2. The smallest absolute Gasteiger partial charge is 0.233 e. The number of hydrogen-bond acceptors (Lipinski definition) is 5. The maximum absolute atomic E-state index is 12.8. The van der Waals surface area contributed by atoms with Crippen molar-refractivity contribution in [2.45, 2.75) is 38.5 Å². The number of hydrogen-bond donors (Lipinski definition) is 1. The number of nitrogens with zero attached hydrogens (tertiary/aromatic N) is 3. The zero-order valence-corrected chi connectivity index (χ0v) is 18.9. The third kappa shape index (κ3) is 4.62. The Bertz CT molecular complexity index is 1100. The number of rotatable bonds is 6. The zero-order valence-electron chi connectivity index (χ0n) is 17.3. The molecule has 4 rings (SSSR count). The third-order valence-corrected chi connectivity index (χ3v) is 6.95. The summed E-state index contributed by atoms with van der Waals surface area (Å²) >= 11 is 7.56. The maximum atomic E-state index is 12.8. The fourth-order valence-electron chi connectivity index (χ4n) is 3.77. The van der Waals surface area contributed by atoms with Gasteiger partial charge in [-0.25, -0.2) is 0 Å². The molecule has 2 amide bonds. The van der Waals surface area contributed by atoms with Gasteiger partial charge in [-0.1, -0.05) is 66.3 Å². The normalized spacial score (nSPS) is 17.1. The molecular weight excluding hydrogens is 432 g/mol. The van der Waals surface area contributed by atoms with Crippen molar-refractivity contribution in [2.75, 3.05) is 16.8 Å². The third-order valence-electron chi connectivity index (χ3n) is 5.54. The van der Waals surface area contributed by atoms with E-state index in [2.05, 4.69) is 15.5 Å². The molecule has 0 saturated carbocycles. The maximum Gasteiger partial charge on any atom is 0.233 e. The quantitative estimate of drug-likeness (QED) is 0.558. The van der Waals surface area contributed by atoms with Gasteiger partial charge in [0.25, 0.3) is 0 Å². The van der Waals surface area contributed by atoms with Gasteiger partial charge in [0, 0.05) is 29.6 Å². The fourth-order valence-corrected chi connectivity index (χ4v) is 4.78. The monoisotopic (exact) mass is 454 g/mol. The van der Waals surface area contributed by atoms with E-state index < -0.39 is 0 Å². The van der Waals surface area contributed by atoms with Crippen LogP contribution in [0.1, 0.15) is 47.7 Å². The van der Waals surface area contributed by atoms with Crippen molar-refractivity contribution in [3.63, 3.8) is 0 Å². The van der Waals surface area contributed by atoms with E-state index in [4.69, 9.17) is 11.6 Å². The summed E-state index contributed by atoms with van der Waals surface area (Å²) in [7, 11) is 0. The van der Waals surface area contributed by atoms with Crippen LogP contribution in [0, 0.1) is 6.92 Å². The highest BCUT2D eigenvalue weighted by molar-refractivity contribution is 7.15. The first-order valence-electron chi connectivity index (χ1n) is 10.2. The molecule has 2 unspecified atom stereocenters. The summed E-state index contributed by atoms with van der Waals surface area (Å²) in [5.74, 6) is -0.383. The van der Waals surface area contributed by atoms with Crippen LogP contribution in [0.3, 0.4) is 0 Å². The molecule has 0 aliphatic carbocycles. The summed E-state index contributed by atoms with van der Waals surface area (Å²) in [6, 6.07) is 15.3. The summed E-state index contributed by atoms with van der Waals surface area (Å²) < 4.78 is 0. The van der Waals surface area contributed by atoms with Gasteiger partial charge < -0.3 is 4.90 Å². The number of benzene rings is 2. The summed E-state index contributed by atoms with van der Waals surface area (Å²) in [5.41, 5.74) is 2.73. The highest BCUT2D eigenvalue weighted by Gasteiger charge is 2.34. The van der Waals surface area contributed by atoms with Crippen molar-refractivity contribution >= 4 is 45.6 Å². The summed E-state index contributed by atoms with van der Waals surface area (Å²) in [6.45, 7) is 4.43. The van der Waals surface area contributed by atoms with E-state index in [9.17, 15) is 9.59 Å². The molecule has 31 heavy (non-hydrogen) atoms. The molecule has 1 aromatic heterocycles. The lowest BCUT2D eigenvalue weighted by Crippen LogP contribution is -2.24. The van der Waals surface area contributed by atoms with Gasteiger partial charge in [-0.05, 0) is 36.6 Å².